The number of rotatable bonds is 2. The summed E-state index contributed by atoms with van der Waals surface area (Å²) in [6, 6.07) is 0. The molecule has 3 unspecified atom stereocenters. The second-order valence-electron chi connectivity index (χ2n) is 6.20. The van der Waals surface area contributed by atoms with Gasteiger partial charge in [0.15, 0.2) is 0 Å². The van der Waals surface area contributed by atoms with Gasteiger partial charge in [0.1, 0.15) is 5.60 Å². The largest absolute Gasteiger partial charge is 0.384 e. The number of primary amides is 1. The summed E-state index contributed by atoms with van der Waals surface area (Å²) in [6.07, 6.45) is 2.68. The zero-order valence-corrected chi connectivity index (χ0v) is 10.3. The first kappa shape index (κ1) is 11.6. The van der Waals surface area contributed by atoms with Gasteiger partial charge in [0, 0.05) is 11.0 Å². The van der Waals surface area contributed by atoms with Crippen molar-refractivity contribution in [1.82, 2.24) is 0 Å². The molecule has 0 aromatic carbocycles. The van der Waals surface area contributed by atoms with Gasteiger partial charge in [-0.15, -0.1) is 0 Å². The van der Waals surface area contributed by atoms with Crippen LogP contribution in [-0.2, 0) is 4.79 Å². The molecule has 16 heavy (non-hydrogen) atoms. The Morgan fingerprint density at radius 1 is 1.44 bits per heavy atom. The van der Waals surface area contributed by atoms with E-state index in [1.54, 1.807) is 0 Å². The van der Waals surface area contributed by atoms with Gasteiger partial charge < -0.3 is 10.8 Å². The van der Waals surface area contributed by atoms with Crippen LogP contribution in [0.5, 0.6) is 0 Å². The van der Waals surface area contributed by atoms with Gasteiger partial charge in [0.25, 0.3) is 0 Å². The van der Waals surface area contributed by atoms with Crippen LogP contribution in [0.15, 0.2) is 12.2 Å². The lowest BCUT2D eigenvalue weighted by Crippen LogP contribution is -2.50. The molecule has 0 spiro atoms. The number of hydrogen-bond acceptors (Lipinski definition) is 2. The lowest BCUT2D eigenvalue weighted by molar-refractivity contribution is -0.121. The monoisotopic (exact) mass is 223 g/mol. The maximum Gasteiger partial charge on any atom is 0.246 e. The third-order valence-electron chi connectivity index (χ3n) is 5.69. The fraction of sp³-hybridized carbons (Fsp3) is 0.769. The third-order valence-corrected chi connectivity index (χ3v) is 5.69. The van der Waals surface area contributed by atoms with E-state index in [0.29, 0.717) is 12.3 Å². The molecule has 0 heterocycles. The summed E-state index contributed by atoms with van der Waals surface area (Å²) in [5.41, 5.74) is 4.12. The van der Waals surface area contributed by atoms with Crippen molar-refractivity contribution >= 4 is 5.91 Å². The predicted octanol–water partition coefficient (Wildman–Crippen LogP) is 1.61. The standard InChI is InChI=1S/C13H21NO2/c1-8(10(14)15)13(16)7-9-5-6-12(13,4)11(9,2)3/h9,16H,1,5-7H2,2-4H3,(H2,14,15). The van der Waals surface area contributed by atoms with Crippen LogP contribution in [0.1, 0.15) is 40.0 Å². The lowest BCUT2D eigenvalue weighted by Gasteiger charge is -2.45. The molecule has 2 aliphatic rings. The van der Waals surface area contributed by atoms with Crippen molar-refractivity contribution in [3.63, 3.8) is 0 Å². The summed E-state index contributed by atoms with van der Waals surface area (Å²) in [5, 5.41) is 10.8. The Bertz CT molecular complexity index is 374. The van der Waals surface area contributed by atoms with Crippen LogP contribution in [0.3, 0.4) is 0 Å². The van der Waals surface area contributed by atoms with Gasteiger partial charge >= 0.3 is 0 Å². The quantitative estimate of drug-likeness (QED) is 0.698. The van der Waals surface area contributed by atoms with E-state index in [2.05, 4.69) is 27.4 Å². The minimum absolute atomic E-state index is 0.0418. The summed E-state index contributed by atoms with van der Waals surface area (Å²) < 4.78 is 0. The maximum atomic E-state index is 11.3. The summed E-state index contributed by atoms with van der Waals surface area (Å²) in [6.45, 7) is 10.1. The molecule has 1 amide bonds. The van der Waals surface area contributed by atoms with Gasteiger partial charge in [-0.2, -0.15) is 0 Å². The highest BCUT2D eigenvalue weighted by Crippen LogP contribution is 2.70. The molecule has 0 aromatic rings. The summed E-state index contributed by atoms with van der Waals surface area (Å²) in [4.78, 5) is 11.3. The minimum Gasteiger partial charge on any atom is -0.384 e. The number of fused-ring (bicyclic) bond motifs is 2. The number of amides is 1. The molecule has 90 valence electrons. The molecule has 0 saturated heterocycles. The van der Waals surface area contributed by atoms with Crippen LogP contribution < -0.4 is 5.73 Å². The molecular formula is C13H21NO2. The van der Waals surface area contributed by atoms with Crippen LogP contribution in [-0.4, -0.2) is 16.6 Å². The van der Waals surface area contributed by atoms with Gasteiger partial charge in [-0.05, 0) is 30.6 Å². The maximum absolute atomic E-state index is 11.3. The van der Waals surface area contributed by atoms with Crippen LogP contribution in [0.4, 0.5) is 0 Å². The molecule has 0 aliphatic heterocycles. The van der Waals surface area contributed by atoms with E-state index in [0.717, 1.165) is 12.8 Å². The Kier molecular flexibility index (Phi) is 2.10. The van der Waals surface area contributed by atoms with Crippen molar-refractivity contribution in [2.75, 3.05) is 0 Å². The van der Waals surface area contributed by atoms with E-state index < -0.39 is 11.5 Å². The van der Waals surface area contributed by atoms with E-state index in [9.17, 15) is 9.90 Å². The molecule has 3 N–H and O–H groups in total. The molecule has 3 atom stereocenters. The summed E-state index contributed by atoms with van der Waals surface area (Å²) in [7, 11) is 0. The van der Waals surface area contributed by atoms with Crippen LogP contribution in [0, 0.1) is 16.7 Å². The van der Waals surface area contributed by atoms with Crippen molar-refractivity contribution in [3.8, 4) is 0 Å². The fourth-order valence-corrected chi connectivity index (χ4v) is 3.94. The van der Waals surface area contributed by atoms with E-state index >= 15 is 0 Å². The first-order chi connectivity index (χ1) is 7.17. The van der Waals surface area contributed by atoms with Gasteiger partial charge in [-0.25, -0.2) is 0 Å². The van der Waals surface area contributed by atoms with Gasteiger partial charge in [-0.1, -0.05) is 27.4 Å². The molecular weight excluding hydrogens is 202 g/mol. The van der Waals surface area contributed by atoms with E-state index in [4.69, 9.17) is 5.73 Å². The average molecular weight is 223 g/mol. The van der Waals surface area contributed by atoms with Crippen molar-refractivity contribution in [2.45, 2.75) is 45.6 Å². The average Bonchev–Trinajstić information content (AvgIpc) is 2.48. The zero-order chi connectivity index (χ0) is 12.4. The second-order valence-corrected chi connectivity index (χ2v) is 6.20. The number of aliphatic hydroxyl groups is 1. The van der Waals surface area contributed by atoms with Gasteiger partial charge in [0.2, 0.25) is 5.91 Å². The summed E-state index contributed by atoms with van der Waals surface area (Å²) in [5.74, 6) is -0.120. The Balaban J connectivity index is 2.48. The van der Waals surface area contributed by atoms with Gasteiger partial charge in [-0.3, -0.25) is 4.79 Å². The Morgan fingerprint density at radius 2 is 2.00 bits per heavy atom. The van der Waals surface area contributed by atoms with E-state index in [-0.39, 0.29) is 16.4 Å². The number of carbonyl (C=O) groups excluding carboxylic acids is 1. The molecule has 3 heteroatoms. The molecule has 2 fully saturated rings. The SMILES string of the molecule is C=C(C(N)=O)C1(O)CC2CCC1(C)C2(C)C. The van der Waals surface area contributed by atoms with Crippen molar-refractivity contribution in [2.24, 2.45) is 22.5 Å². The Morgan fingerprint density at radius 3 is 2.31 bits per heavy atom. The highest BCUT2D eigenvalue weighted by atomic mass is 16.3. The van der Waals surface area contributed by atoms with Crippen LogP contribution >= 0.6 is 0 Å². The fourth-order valence-electron chi connectivity index (χ4n) is 3.94. The molecule has 2 aliphatic carbocycles. The normalized spacial score (nSPS) is 44.6. The molecule has 2 bridgehead atoms. The first-order valence-corrected chi connectivity index (χ1v) is 5.88. The smallest absolute Gasteiger partial charge is 0.246 e. The van der Waals surface area contributed by atoms with E-state index in [1.165, 1.54) is 0 Å². The van der Waals surface area contributed by atoms with Crippen molar-refractivity contribution < 1.29 is 9.90 Å². The second kappa shape index (κ2) is 2.89. The number of nitrogens with two attached hydrogens (primary N) is 1. The first-order valence-electron chi connectivity index (χ1n) is 5.88. The Hall–Kier alpha value is -0.830. The van der Waals surface area contributed by atoms with Crippen molar-refractivity contribution in [3.05, 3.63) is 12.2 Å². The van der Waals surface area contributed by atoms with E-state index in [1.807, 2.05) is 0 Å². The predicted molar refractivity (Wildman–Crippen MR) is 62.5 cm³/mol. The third kappa shape index (κ3) is 1.000. The van der Waals surface area contributed by atoms with Crippen molar-refractivity contribution in [1.29, 1.82) is 0 Å². The zero-order valence-electron chi connectivity index (χ0n) is 10.3. The highest BCUT2D eigenvalue weighted by molar-refractivity contribution is 5.93. The number of carbonyl (C=O) groups is 1. The lowest BCUT2D eigenvalue weighted by atomic mass is 9.62. The highest BCUT2D eigenvalue weighted by Gasteiger charge is 2.69. The molecule has 2 rings (SSSR count). The molecule has 0 aromatic heterocycles. The Labute approximate surface area is 96.7 Å². The van der Waals surface area contributed by atoms with Gasteiger partial charge in [0.05, 0.1) is 0 Å². The van der Waals surface area contributed by atoms with Crippen LogP contribution in [0.25, 0.3) is 0 Å². The molecule has 2 saturated carbocycles. The topological polar surface area (TPSA) is 63.3 Å². The molecule has 3 nitrogen and oxygen atoms in total. The minimum atomic E-state index is -1.11. The van der Waals surface area contributed by atoms with Crippen LogP contribution in [0.2, 0.25) is 0 Å². The molecule has 0 radical (unpaired) electrons. The number of hydrogen-bond donors (Lipinski definition) is 2. The summed E-state index contributed by atoms with van der Waals surface area (Å²) >= 11 is 0.